The summed E-state index contributed by atoms with van der Waals surface area (Å²) in [5.74, 6) is -0.169. The quantitative estimate of drug-likeness (QED) is 0.463. The van der Waals surface area contributed by atoms with Gasteiger partial charge in [0, 0.05) is 11.8 Å². The Morgan fingerprint density at radius 3 is 2.65 bits per heavy atom. The van der Waals surface area contributed by atoms with Gasteiger partial charge in [-0.15, -0.1) is 0 Å². The van der Waals surface area contributed by atoms with E-state index in [9.17, 15) is 9.59 Å². The lowest BCUT2D eigenvalue weighted by Gasteiger charge is -2.16. The van der Waals surface area contributed by atoms with E-state index < -0.39 is 0 Å². The maximum absolute atomic E-state index is 12.9. The number of rotatable bonds is 7. The zero-order valence-electron chi connectivity index (χ0n) is 17.3. The summed E-state index contributed by atoms with van der Waals surface area (Å²) in [6, 6.07) is 18.5. The largest absolute Gasteiger partial charge is 0.379 e. The molecule has 0 saturated heterocycles. The third-order valence-electron chi connectivity index (χ3n) is 4.92. The number of carbonyl (C=O) groups is 1. The molecule has 0 aliphatic rings. The summed E-state index contributed by atoms with van der Waals surface area (Å²) >= 11 is 1.41. The first-order valence-corrected chi connectivity index (χ1v) is 10.9. The van der Waals surface area contributed by atoms with Gasteiger partial charge in [-0.2, -0.15) is 9.61 Å². The molecule has 0 bridgehead atoms. The van der Waals surface area contributed by atoms with Crippen LogP contribution in [0.1, 0.15) is 46.5 Å². The standard InChI is InChI=1S/C23H23N5O2S/c1-3-20-27-28-21(29)13-17(26-23(28)31-20)14-24-19-12-8-7-11-18(19)22(30)25-15(2)16-9-5-4-6-10-16/h4-13,15,24H,3,14H2,1-2H3,(H,25,30)/t15-/m0/s1. The Bertz CT molecular complexity index is 1270. The highest BCUT2D eigenvalue weighted by molar-refractivity contribution is 7.16. The van der Waals surface area contributed by atoms with Crippen LogP contribution in [-0.2, 0) is 13.0 Å². The first kappa shape index (κ1) is 20.7. The number of aryl methyl sites for hydroxylation is 1. The molecule has 0 aliphatic heterocycles. The number of para-hydroxylation sites is 1. The van der Waals surface area contributed by atoms with Crippen LogP contribution < -0.4 is 16.2 Å². The van der Waals surface area contributed by atoms with E-state index in [1.54, 1.807) is 6.07 Å². The van der Waals surface area contributed by atoms with Crippen molar-refractivity contribution in [3.63, 3.8) is 0 Å². The number of anilines is 1. The van der Waals surface area contributed by atoms with Crippen molar-refractivity contribution < 1.29 is 4.79 Å². The van der Waals surface area contributed by atoms with Gasteiger partial charge in [-0.1, -0.05) is 60.7 Å². The van der Waals surface area contributed by atoms with Gasteiger partial charge in [0.1, 0.15) is 5.01 Å². The molecule has 2 aromatic carbocycles. The Labute approximate surface area is 183 Å². The molecule has 0 fully saturated rings. The monoisotopic (exact) mass is 433 g/mol. The number of nitrogens with one attached hydrogen (secondary N) is 2. The maximum Gasteiger partial charge on any atom is 0.275 e. The normalized spacial score (nSPS) is 11.9. The molecule has 0 radical (unpaired) electrons. The van der Waals surface area contributed by atoms with Crippen LogP contribution in [0.3, 0.4) is 0 Å². The van der Waals surface area contributed by atoms with Gasteiger partial charge in [0.25, 0.3) is 11.5 Å². The number of hydrogen-bond acceptors (Lipinski definition) is 6. The van der Waals surface area contributed by atoms with E-state index in [-0.39, 0.29) is 17.5 Å². The average Bonchev–Trinajstić information content (AvgIpc) is 3.22. The predicted molar refractivity (Wildman–Crippen MR) is 123 cm³/mol. The Morgan fingerprint density at radius 1 is 1.13 bits per heavy atom. The molecule has 4 aromatic rings. The molecule has 1 atom stereocenters. The highest BCUT2D eigenvalue weighted by Crippen LogP contribution is 2.19. The molecule has 0 saturated carbocycles. The van der Waals surface area contributed by atoms with Gasteiger partial charge in [0.05, 0.1) is 23.8 Å². The molecular weight excluding hydrogens is 410 g/mol. The number of benzene rings is 2. The van der Waals surface area contributed by atoms with E-state index in [4.69, 9.17) is 0 Å². The molecule has 0 aliphatic carbocycles. The van der Waals surface area contributed by atoms with Gasteiger partial charge in [-0.05, 0) is 31.0 Å². The minimum absolute atomic E-state index is 0.120. The van der Waals surface area contributed by atoms with Crippen LogP contribution in [0, 0.1) is 0 Å². The van der Waals surface area contributed by atoms with E-state index in [0.717, 1.165) is 17.0 Å². The topological polar surface area (TPSA) is 88.4 Å². The zero-order valence-corrected chi connectivity index (χ0v) is 18.1. The van der Waals surface area contributed by atoms with Crippen molar-refractivity contribution in [1.82, 2.24) is 19.9 Å². The van der Waals surface area contributed by atoms with Gasteiger partial charge in [-0.25, -0.2) is 4.98 Å². The van der Waals surface area contributed by atoms with E-state index >= 15 is 0 Å². The summed E-state index contributed by atoms with van der Waals surface area (Å²) in [5.41, 5.74) is 2.65. The molecule has 2 heterocycles. The molecule has 2 aromatic heterocycles. The summed E-state index contributed by atoms with van der Waals surface area (Å²) in [6.07, 6.45) is 0.755. The molecular formula is C23H23N5O2S. The Balaban J connectivity index is 1.50. The van der Waals surface area contributed by atoms with Crippen molar-refractivity contribution in [1.29, 1.82) is 0 Å². The molecule has 0 unspecified atom stereocenters. The second kappa shape index (κ2) is 9.09. The molecule has 0 spiro atoms. The van der Waals surface area contributed by atoms with Crippen LogP contribution in [0.25, 0.3) is 4.96 Å². The number of fused-ring (bicyclic) bond motifs is 1. The fourth-order valence-corrected chi connectivity index (χ4v) is 4.11. The van der Waals surface area contributed by atoms with Gasteiger partial charge >= 0.3 is 0 Å². The minimum atomic E-state index is -0.208. The van der Waals surface area contributed by atoms with Crippen molar-refractivity contribution in [3.8, 4) is 0 Å². The third-order valence-corrected chi connectivity index (χ3v) is 5.97. The van der Waals surface area contributed by atoms with Crippen LogP contribution in [-0.4, -0.2) is 20.5 Å². The summed E-state index contributed by atoms with van der Waals surface area (Å²) in [5, 5.41) is 11.4. The predicted octanol–water partition coefficient (Wildman–Crippen LogP) is 3.82. The highest BCUT2D eigenvalue weighted by atomic mass is 32.1. The number of aromatic nitrogens is 3. The SMILES string of the molecule is CCc1nn2c(=O)cc(CNc3ccccc3C(=O)N[C@@H](C)c3ccccc3)nc2s1. The first-order valence-electron chi connectivity index (χ1n) is 10.1. The molecule has 158 valence electrons. The molecule has 8 heteroatoms. The van der Waals surface area contributed by atoms with E-state index in [1.165, 1.54) is 21.9 Å². The van der Waals surface area contributed by atoms with Gasteiger partial charge in [-0.3, -0.25) is 9.59 Å². The number of amides is 1. The Morgan fingerprint density at radius 2 is 1.87 bits per heavy atom. The minimum Gasteiger partial charge on any atom is -0.379 e. The average molecular weight is 434 g/mol. The lowest BCUT2D eigenvalue weighted by Crippen LogP contribution is -2.27. The fraction of sp³-hybridized carbons (Fsp3) is 0.217. The zero-order chi connectivity index (χ0) is 21.8. The van der Waals surface area contributed by atoms with Crippen molar-refractivity contribution in [2.45, 2.75) is 32.9 Å². The first-order chi connectivity index (χ1) is 15.0. The lowest BCUT2D eigenvalue weighted by atomic mass is 10.1. The molecule has 7 nitrogen and oxygen atoms in total. The highest BCUT2D eigenvalue weighted by Gasteiger charge is 2.15. The van der Waals surface area contributed by atoms with Crippen molar-refractivity contribution >= 4 is 27.9 Å². The molecule has 4 rings (SSSR count). The summed E-state index contributed by atoms with van der Waals surface area (Å²) in [7, 11) is 0. The molecule has 1 amide bonds. The van der Waals surface area contributed by atoms with Crippen LogP contribution in [0.5, 0.6) is 0 Å². The van der Waals surface area contributed by atoms with E-state index in [1.807, 2.05) is 62.4 Å². The van der Waals surface area contributed by atoms with Crippen molar-refractivity contribution in [2.24, 2.45) is 0 Å². The Kier molecular flexibility index (Phi) is 6.08. The smallest absolute Gasteiger partial charge is 0.275 e. The lowest BCUT2D eigenvalue weighted by molar-refractivity contribution is 0.0940. The summed E-state index contributed by atoms with van der Waals surface area (Å²) in [6.45, 7) is 4.27. The fourth-order valence-electron chi connectivity index (χ4n) is 3.25. The van der Waals surface area contributed by atoms with Gasteiger partial charge < -0.3 is 10.6 Å². The Hall–Kier alpha value is -3.52. The second-order valence-electron chi connectivity index (χ2n) is 7.13. The van der Waals surface area contributed by atoms with Crippen LogP contribution in [0.2, 0.25) is 0 Å². The maximum atomic E-state index is 12.9. The van der Waals surface area contributed by atoms with Crippen molar-refractivity contribution in [2.75, 3.05) is 5.32 Å². The molecule has 31 heavy (non-hydrogen) atoms. The summed E-state index contributed by atoms with van der Waals surface area (Å²) < 4.78 is 1.33. The number of hydrogen-bond donors (Lipinski definition) is 2. The van der Waals surface area contributed by atoms with Crippen molar-refractivity contribution in [3.05, 3.63) is 92.8 Å². The number of carbonyl (C=O) groups excluding carboxylic acids is 1. The van der Waals surface area contributed by atoms with E-state index in [2.05, 4.69) is 20.7 Å². The van der Waals surface area contributed by atoms with Crippen LogP contribution in [0.4, 0.5) is 5.69 Å². The third kappa shape index (κ3) is 4.64. The van der Waals surface area contributed by atoms with Crippen LogP contribution >= 0.6 is 11.3 Å². The van der Waals surface area contributed by atoms with Crippen LogP contribution in [0.15, 0.2) is 65.5 Å². The molecule has 2 N–H and O–H groups in total. The second-order valence-corrected chi connectivity index (χ2v) is 8.17. The summed E-state index contributed by atoms with van der Waals surface area (Å²) in [4.78, 5) is 30.4. The number of nitrogens with zero attached hydrogens (tertiary/aromatic N) is 3. The van der Waals surface area contributed by atoms with Gasteiger partial charge in [0.15, 0.2) is 0 Å². The van der Waals surface area contributed by atoms with Gasteiger partial charge in [0.2, 0.25) is 4.96 Å². The van der Waals surface area contributed by atoms with E-state index in [0.29, 0.717) is 28.5 Å².